The van der Waals surface area contributed by atoms with Crippen molar-refractivity contribution < 1.29 is 100 Å². The van der Waals surface area contributed by atoms with Crippen LogP contribution in [0.3, 0.4) is 0 Å². The Morgan fingerprint density at radius 3 is 0.782 bits per heavy atom. The lowest BCUT2D eigenvalue weighted by atomic mass is 10.2. The van der Waals surface area contributed by atoms with Crippen LogP contribution in [0.5, 0.6) is 0 Å². The van der Waals surface area contributed by atoms with Crippen LogP contribution >= 0.6 is 11.6 Å². The number of anilines is 5. The summed E-state index contributed by atoms with van der Waals surface area (Å²) in [6.45, 7) is 0.0911. The van der Waals surface area contributed by atoms with Crippen LogP contribution in [0.15, 0.2) is 360 Å². The Morgan fingerprint density at radius 2 is 0.526 bits per heavy atom. The first-order valence-corrected chi connectivity index (χ1v) is 46.8. The predicted octanol–water partition coefficient (Wildman–Crippen LogP) is 14.8. The van der Waals surface area contributed by atoms with Crippen LogP contribution in [0, 0.1) is 11.6 Å². The van der Waals surface area contributed by atoms with E-state index >= 15 is 0 Å². The Kier molecular flexibility index (Phi) is 31.9. The monoisotopic (exact) mass is 1920 g/mol. The lowest BCUT2D eigenvalue weighted by molar-refractivity contribution is 0.0685. The zero-order valence-electron chi connectivity index (χ0n) is 70.6. The topological polar surface area (TPSA) is 445 Å². The molecule has 41 heteroatoms. The molecular formula is C92H82ClF2N13O20S5. The summed E-state index contributed by atoms with van der Waals surface area (Å²) in [5.74, 6) is -7.01. The maximum Gasteiger partial charge on any atom is 0.335 e. The van der Waals surface area contributed by atoms with Crippen molar-refractivity contribution in [3.05, 3.63) is 408 Å². The molecule has 11 aromatic carbocycles. The van der Waals surface area contributed by atoms with Gasteiger partial charge in [-0.1, -0.05) is 145 Å². The van der Waals surface area contributed by atoms with E-state index in [0.29, 0.717) is 33.2 Å². The molecule has 33 nitrogen and oxygen atoms in total. The highest BCUT2D eigenvalue weighted by Gasteiger charge is 2.34. The molecule has 133 heavy (non-hydrogen) atoms. The summed E-state index contributed by atoms with van der Waals surface area (Å²) in [7, 11) is -13.2. The number of hydrogen-bond acceptors (Lipinski definition) is 19. The Labute approximate surface area is 768 Å². The summed E-state index contributed by atoms with van der Waals surface area (Å²) in [6, 6.07) is 73.3. The molecule has 0 atom stereocenters. The first kappa shape index (κ1) is 98.1. The summed E-state index contributed by atoms with van der Waals surface area (Å²) < 4.78 is 171. The Bertz CT molecular complexity index is 7040. The van der Waals surface area contributed by atoms with Gasteiger partial charge in [-0.2, -0.15) is 33.7 Å². The van der Waals surface area contributed by atoms with Gasteiger partial charge >= 0.3 is 29.8 Å². The van der Waals surface area contributed by atoms with Gasteiger partial charge in [0.05, 0.1) is 119 Å². The van der Waals surface area contributed by atoms with Crippen LogP contribution in [0.2, 0.25) is 5.02 Å². The number of rotatable bonds is 30. The van der Waals surface area contributed by atoms with Crippen LogP contribution in [0.1, 0.15) is 79.6 Å². The number of aromatic nitrogens is 8. The molecule has 0 aliphatic rings. The smallest absolute Gasteiger partial charge is 0.335 e. The number of imidazole rings is 4. The number of sulfonamides is 5. The average molecular weight is 1920 g/mol. The predicted molar refractivity (Wildman–Crippen MR) is 490 cm³/mol. The number of benzene rings is 11. The molecule has 0 radical (unpaired) electrons. The minimum Gasteiger partial charge on any atom is -0.478 e. The Balaban J connectivity index is 0.000000160. The summed E-state index contributed by atoms with van der Waals surface area (Å²) in [6.07, 6.45) is 11.1. The maximum atomic E-state index is 14.6. The van der Waals surface area contributed by atoms with Crippen molar-refractivity contribution in [2.75, 3.05) is 21.5 Å². The molecular weight excluding hydrogens is 1840 g/mol. The third-order valence-corrected chi connectivity index (χ3v) is 28.0. The van der Waals surface area contributed by atoms with E-state index in [1.165, 1.54) is 193 Å². The molecule has 0 amide bonds. The van der Waals surface area contributed by atoms with Gasteiger partial charge in [0.15, 0.2) is 20.1 Å². The van der Waals surface area contributed by atoms with E-state index in [-0.39, 0.29) is 96.9 Å². The van der Waals surface area contributed by atoms with E-state index in [9.17, 15) is 74.8 Å². The van der Waals surface area contributed by atoms with E-state index in [0.717, 1.165) is 43.5 Å². The molecule has 0 spiro atoms. The van der Waals surface area contributed by atoms with Crippen LogP contribution in [-0.2, 0) is 111 Å². The summed E-state index contributed by atoms with van der Waals surface area (Å²) >= 11 is 5.90. The second kappa shape index (κ2) is 43.3. The van der Waals surface area contributed by atoms with Gasteiger partial charge in [0.1, 0.15) is 11.6 Å². The van der Waals surface area contributed by atoms with Gasteiger partial charge in [-0.15, -0.1) is 0 Å². The lowest BCUT2D eigenvalue weighted by Gasteiger charge is -2.25. The Hall–Kier alpha value is -15.5. The van der Waals surface area contributed by atoms with Crippen LogP contribution < -0.4 is 21.5 Å². The molecule has 5 N–H and O–H groups in total. The Morgan fingerprint density at radius 1 is 0.293 bits per heavy atom. The molecule has 0 aliphatic heterocycles. The highest BCUT2D eigenvalue weighted by molar-refractivity contribution is 7.94. The molecule has 686 valence electrons. The van der Waals surface area contributed by atoms with Gasteiger partial charge < -0.3 is 43.8 Å². The van der Waals surface area contributed by atoms with Gasteiger partial charge in [0.25, 0.3) is 50.1 Å². The first-order chi connectivity index (χ1) is 63.2. The molecule has 4 heterocycles. The van der Waals surface area contributed by atoms with Crippen molar-refractivity contribution >= 4 is 120 Å². The van der Waals surface area contributed by atoms with Crippen LogP contribution in [0.25, 0.3) is 0 Å². The number of carbonyl (C=O) groups is 5. The zero-order chi connectivity index (χ0) is 96.1. The standard InChI is InChI=1S/C20H17NO4S.C18H16ClN3O4S.2C18H16FN3O4S.C18H17N3O4S/c22-20(23)17-11-13-18(14-12-17)21(15-16-7-3-1-4-8-16)26(24,25)19-9-5-2-6-10-19;2*1-21-11-17(20-12-21)27(25,26)22(10-13-2-6-15(19)7-3-13)16-8-4-14(5-9-16)18(23)24;1-21-11-17(20-12-21)27(25,26)22(10-13-5-3-2-4-6-13)16-8-7-14(18(23)24)9-15(16)19;1-20-12-17(19-13-20)26(24,25)21(11-14-5-3-2-4-6-14)16-9-7-15(8-10-16)18(22)23/h1-14H,15H2,(H,22,23);3*2-9,11-12H,10H2,1H3,(H,23,24);2-10,12-13H,11H2,1H3,(H,22,23). The first-order valence-electron chi connectivity index (χ1n) is 39.3. The summed E-state index contributed by atoms with van der Waals surface area (Å²) in [4.78, 5) is 71.1. The highest BCUT2D eigenvalue weighted by Crippen LogP contribution is 2.34. The van der Waals surface area contributed by atoms with Gasteiger partial charge in [0, 0.05) is 58.0 Å². The second-order valence-electron chi connectivity index (χ2n) is 29.0. The fraction of sp³-hybridized carbons (Fsp3) is 0.0978. The van der Waals surface area contributed by atoms with Gasteiger partial charge in [-0.05, 0) is 179 Å². The van der Waals surface area contributed by atoms with Crippen molar-refractivity contribution in [2.45, 2.75) is 57.7 Å². The molecule has 0 fully saturated rings. The molecule has 4 aromatic heterocycles. The SMILES string of the molecule is Cn1cnc(S(=O)(=O)N(Cc2ccc(Cl)cc2)c2ccc(C(=O)O)cc2)c1.Cn1cnc(S(=O)(=O)N(Cc2ccc(F)cc2)c2ccc(C(=O)O)cc2)c1.Cn1cnc(S(=O)(=O)N(Cc2ccccc2)c2ccc(C(=O)O)cc2)c1.Cn1cnc(S(=O)(=O)N(Cc2ccccc2)c2ccc(C(=O)O)cc2F)c1.O=C(O)c1ccc(N(Cc2ccccc2)S(=O)(=O)c2ccccc2)cc1. The fourth-order valence-corrected chi connectivity index (χ4v) is 19.8. The molecule has 0 bridgehead atoms. The molecule has 15 rings (SSSR count). The largest absolute Gasteiger partial charge is 0.478 e. The minimum atomic E-state index is -4.17. The van der Waals surface area contributed by atoms with Gasteiger partial charge in [-0.25, -0.2) is 61.1 Å². The number of carboxylic acid groups (broad SMARTS) is 5. The van der Waals surface area contributed by atoms with Crippen molar-refractivity contribution in [1.82, 2.24) is 38.2 Å². The van der Waals surface area contributed by atoms with E-state index in [1.807, 2.05) is 60.7 Å². The quantitative estimate of drug-likeness (QED) is 0.0279. The average Bonchev–Trinajstić information content (AvgIpc) is 1.71. The zero-order valence-corrected chi connectivity index (χ0v) is 75.5. The third kappa shape index (κ3) is 25.3. The van der Waals surface area contributed by atoms with Crippen molar-refractivity contribution in [3.8, 4) is 0 Å². The lowest BCUT2D eigenvalue weighted by Crippen LogP contribution is -2.31. The number of halogens is 3. The van der Waals surface area contributed by atoms with Crippen molar-refractivity contribution in [2.24, 2.45) is 28.2 Å². The van der Waals surface area contributed by atoms with E-state index < -0.39 is 91.6 Å². The number of nitrogens with zero attached hydrogens (tertiary/aromatic N) is 13. The minimum absolute atomic E-state index is 0.0377. The molecule has 0 unspecified atom stereocenters. The van der Waals surface area contributed by atoms with Gasteiger partial charge in [-0.3, -0.25) is 21.5 Å². The number of hydrogen-bond donors (Lipinski definition) is 5. The summed E-state index contributed by atoms with van der Waals surface area (Å²) in [5.41, 5.74) is 4.70. The third-order valence-electron chi connectivity index (χ3n) is 19.3. The molecule has 0 saturated carbocycles. The maximum absolute atomic E-state index is 14.6. The van der Waals surface area contributed by atoms with Crippen molar-refractivity contribution in [1.29, 1.82) is 0 Å². The normalized spacial score (nSPS) is 11.3. The van der Waals surface area contributed by atoms with E-state index in [1.54, 1.807) is 122 Å². The molecule has 0 aliphatic carbocycles. The second-order valence-corrected chi connectivity index (χ2v) is 38.5. The highest BCUT2D eigenvalue weighted by atomic mass is 35.5. The summed E-state index contributed by atoms with van der Waals surface area (Å²) in [5, 5.41) is 45.2. The number of aromatic carboxylic acids is 5. The van der Waals surface area contributed by atoms with Crippen LogP contribution in [0.4, 0.5) is 37.2 Å². The van der Waals surface area contributed by atoms with Gasteiger partial charge in [0.2, 0.25) is 0 Å². The van der Waals surface area contributed by atoms with Crippen molar-refractivity contribution in [3.63, 3.8) is 0 Å². The molecule has 0 saturated heterocycles. The van der Waals surface area contributed by atoms with Crippen LogP contribution in [-0.4, -0.2) is 136 Å². The molecule has 15 aromatic rings. The number of carboxylic acids is 5. The fourth-order valence-electron chi connectivity index (χ4n) is 12.5. The van der Waals surface area contributed by atoms with E-state index in [2.05, 4.69) is 19.9 Å². The van der Waals surface area contributed by atoms with E-state index in [4.69, 9.17) is 37.1 Å². The number of aryl methyl sites for hydroxylation is 4.